The number of aliphatic hydroxyl groups excluding tert-OH is 3. The Morgan fingerprint density at radius 1 is 0.943 bits per heavy atom. The lowest BCUT2D eigenvalue weighted by molar-refractivity contribution is -0.318. The maximum atomic E-state index is 14.5. The number of aliphatic hydroxyl groups is 5. The van der Waals surface area contributed by atoms with E-state index in [1.807, 2.05) is 69.8 Å². The molecule has 1 amide bonds. The summed E-state index contributed by atoms with van der Waals surface area (Å²) >= 11 is 0. The van der Waals surface area contributed by atoms with Crippen LogP contribution in [0.3, 0.4) is 0 Å². The van der Waals surface area contributed by atoms with Crippen LogP contribution in [0.4, 0.5) is 0 Å². The predicted molar refractivity (Wildman–Crippen MR) is 263 cm³/mol. The highest BCUT2D eigenvalue weighted by atomic mass is 16.7. The van der Waals surface area contributed by atoms with Crippen molar-refractivity contribution in [1.82, 2.24) is 15.1 Å². The van der Waals surface area contributed by atoms with E-state index in [2.05, 4.69) is 17.4 Å². The lowest BCUT2D eigenvalue weighted by Gasteiger charge is -2.48. The predicted octanol–water partition coefficient (Wildman–Crippen LogP) is 3.89. The minimum absolute atomic E-state index is 0.0249. The third kappa shape index (κ3) is 16.8. The van der Waals surface area contributed by atoms with Crippen molar-refractivity contribution in [2.75, 3.05) is 40.8 Å². The van der Waals surface area contributed by atoms with Gasteiger partial charge in [0, 0.05) is 57.6 Å². The Labute approximate surface area is 417 Å². The van der Waals surface area contributed by atoms with Gasteiger partial charge in [0.25, 0.3) is 6.47 Å². The van der Waals surface area contributed by atoms with E-state index in [-0.39, 0.29) is 49.7 Å². The largest absolute Gasteiger partial charge is 0.483 e. The zero-order valence-electron chi connectivity index (χ0n) is 44.4. The number of aryl methyl sites for hydroxylation is 1. The number of carboxylic acid groups (broad SMARTS) is 1. The van der Waals surface area contributed by atoms with Gasteiger partial charge in [-0.05, 0) is 119 Å². The van der Waals surface area contributed by atoms with Gasteiger partial charge < -0.3 is 69.3 Å². The normalized spacial score (nSPS) is 39.4. The van der Waals surface area contributed by atoms with Crippen molar-refractivity contribution in [2.45, 2.75) is 217 Å². The molecule has 18 heteroatoms. The summed E-state index contributed by atoms with van der Waals surface area (Å²) in [6.45, 7) is 18.6. The molecular weight excluding hydrogens is 907 g/mol. The second-order valence-corrected chi connectivity index (χ2v) is 21.2. The van der Waals surface area contributed by atoms with E-state index in [0.29, 0.717) is 38.9 Å². The Morgan fingerprint density at radius 2 is 1.59 bits per heavy atom. The van der Waals surface area contributed by atoms with Crippen molar-refractivity contribution < 1.29 is 73.4 Å². The first-order valence-corrected chi connectivity index (χ1v) is 25.4. The Kier molecular flexibility index (Phi) is 24.6. The molecule has 7 N–H and O–H groups in total. The lowest BCUT2D eigenvalue weighted by Crippen LogP contribution is -2.60. The van der Waals surface area contributed by atoms with Crippen LogP contribution >= 0.6 is 0 Å². The second kappa shape index (κ2) is 28.0. The van der Waals surface area contributed by atoms with Crippen LogP contribution in [0, 0.1) is 17.8 Å². The van der Waals surface area contributed by atoms with Crippen LogP contribution in [0.1, 0.15) is 126 Å². The molecule has 3 heterocycles. The Balaban J connectivity index is 0.00000421. The summed E-state index contributed by atoms with van der Waals surface area (Å²) in [5.41, 5.74) is -3.34. The molecule has 1 aromatic carbocycles. The molecule has 0 bridgehead atoms. The van der Waals surface area contributed by atoms with Gasteiger partial charge in [-0.2, -0.15) is 0 Å². The van der Waals surface area contributed by atoms with E-state index in [0.717, 1.165) is 19.3 Å². The number of nitrogens with one attached hydrogen (secondary N) is 1. The fourth-order valence-corrected chi connectivity index (χ4v) is 10.8. The third-order valence-electron chi connectivity index (χ3n) is 14.9. The molecule has 3 aliphatic heterocycles. The summed E-state index contributed by atoms with van der Waals surface area (Å²) in [5.74, 6) is -2.84. The number of carbonyl (C=O) groups is 3. The molecule has 404 valence electrons. The number of benzene rings is 1. The van der Waals surface area contributed by atoms with Crippen molar-refractivity contribution >= 4 is 18.3 Å². The van der Waals surface area contributed by atoms with Gasteiger partial charge in [0.2, 0.25) is 5.91 Å². The molecule has 0 aromatic heterocycles. The van der Waals surface area contributed by atoms with E-state index in [4.69, 9.17) is 38.3 Å². The number of cyclic esters (lactones) is 1. The van der Waals surface area contributed by atoms with Crippen molar-refractivity contribution in [3.63, 3.8) is 0 Å². The zero-order valence-corrected chi connectivity index (χ0v) is 44.4. The van der Waals surface area contributed by atoms with Gasteiger partial charge in [-0.3, -0.25) is 19.3 Å². The molecule has 0 unspecified atom stereocenters. The quantitative estimate of drug-likeness (QED) is 0.0706. The maximum absolute atomic E-state index is 14.5. The Hall–Kier alpha value is -2.85. The molecule has 1 aromatic rings. The number of nitrogens with zero attached hydrogens (tertiary/aromatic N) is 2. The molecule has 0 spiro atoms. The van der Waals surface area contributed by atoms with Crippen LogP contribution < -0.4 is 5.32 Å². The summed E-state index contributed by atoms with van der Waals surface area (Å²) in [7, 11) is 5.27. The minimum atomic E-state index is -1.90. The third-order valence-corrected chi connectivity index (χ3v) is 14.9. The van der Waals surface area contributed by atoms with Gasteiger partial charge in [-0.1, -0.05) is 51.1 Å². The van der Waals surface area contributed by atoms with Gasteiger partial charge in [0.15, 0.2) is 12.6 Å². The van der Waals surface area contributed by atoms with E-state index in [9.17, 15) is 35.1 Å². The number of esters is 1. The van der Waals surface area contributed by atoms with Crippen molar-refractivity contribution in [2.24, 2.45) is 17.8 Å². The number of likely N-dealkylation sites (N-methyl/N-ethyl adjacent to an activating group) is 1. The fourth-order valence-electron chi connectivity index (χ4n) is 10.8. The van der Waals surface area contributed by atoms with Crippen LogP contribution in [-0.4, -0.2) is 190 Å². The SMILES string of the molecule is CC[C@H]1OC(=O)[C@H](C)[C@@H](O[C@H]2C[C@@](C)(OC)[C@@H](O)[C@H](C)O2)[C@H](C)[C@@H](O[C@@H]2O[C@H](C)C[C@H](N(C)C)[C@H]2O)[C@](C)(O)C[C@@H](C)CN(CCCNC(=O)CCCCc2ccccc2)[C@H](C)[C@@H](O)[C@]1(C)O.O=CO. The number of hydrogen-bond acceptors (Lipinski definition) is 16. The Morgan fingerprint density at radius 3 is 2.19 bits per heavy atom. The molecule has 4 rings (SSSR count). The second-order valence-electron chi connectivity index (χ2n) is 21.2. The maximum Gasteiger partial charge on any atom is 0.311 e. The molecule has 3 aliphatic rings. The van der Waals surface area contributed by atoms with Gasteiger partial charge in [0.1, 0.15) is 30.0 Å². The smallest absolute Gasteiger partial charge is 0.311 e. The van der Waals surface area contributed by atoms with Gasteiger partial charge in [-0.25, -0.2) is 0 Å². The summed E-state index contributed by atoms with van der Waals surface area (Å²) in [6.07, 6.45) is -5.31. The average molecular weight is 998 g/mol. The number of unbranched alkanes of at least 4 members (excludes halogenated alkanes) is 1. The lowest BCUT2D eigenvalue weighted by atomic mass is 9.77. The van der Waals surface area contributed by atoms with E-state index in [1.165, 1.54) is 19.6 Å². The molecule has 3 fully saturated rings. The highest BCUT2D eigenvalue weighted by Gasteiger charge is 2.53. The molecule has 0 radical (unpaired) electrons. The summed E-state index contributed by atoms with van der Waals surface area (Å²) in [5, 5.41) is 69.8. The average Bonchev–Trinajstić information content (AvgIpc) is 3.30. The fraction of sp³-hybridized carbons (Fsp3) is 0.827. The van der Waals surface area contributed by atoms with Crippen LogP contribution in [0.15, 0.2) is 30.3 Å². The van der Waals surface area contributed by atoms with E-state index < -0.39 is 96.0 Å². The highest BCUT2D eigenvalue weighted by Crippen LogP contribution is 2.40. The number of amides is 1. The summed E-state index contributed by atoms with van der Waals surface area (Å²) in [4.78, 5) is 39.7. The summed E-state index contributed by atoms with van der Waals surface area (Å²) in [6, 6.07) is 9.24. The molecule has 18 atom stereocenters. The van der Waals surface area contributed by atoms with Crippen molar-refractivity contribution in [3.8, 4) is 0 Å². The van der Waals surface area contributed by atoms with E-state index in [1.54, 1.807) is 34.6 Å². The first-order chi connectivity index (χ1) is 32.8. The van der Waals surface area contributed by atoms with Crippen LogP contribution in [-0.2, 0) is 49.2 Å². The summed E-state index contributed by atoms with van der Waals surface area (Å²) < 4.78 is 38.1. The van der Waals surface area contributed by atoms with Crippen LogP contribution in [0.5, 0.6) is 0 Å². The minimum Gasteiger partial charge on any atom is -0.483 e. The number of hydrogen-bond donors (Lipinski definition) is 7. The number of methoxy groups -OCH3 is 1. The number of carbonyl (C=O) groups excluding carboxylic acids is 2. The molecule has 0 aliphatic carbocycles. The van der Waals surface area contributed by atoms with Gasteiger partial charge in [0.05, 0.1) is 41.5 Å². The molecular formula is C52H91N3O15. The van der Waals surface area contributed by atoms with Gasteiger partial charge >= 0.3 is 5.97 Å². The van der Waals surface area contributed by atoms with Gasteiger partial charge in [-0.15, -0.1) is 0 Å². The first kappa shape index (κ1) is 61.4. The first-order valence-electron chi connectivity index (χ1n) is 25.4. The standard InChI is InChI=1S/C51H89N3O13.CH2O2/c1-14-39-51(10,61)44(57)35(6)54(26-20-25-52-40(55)24-19-18-23-37-21-16-15-17-22-37)30-31(2)28-49(8,60)46(67-48-42(56)38(53(11)12)27-32(3)63-48)33(4)43(34(5)47(59)65-39)66-41-29-50(9,62-13)45(58)36(7)64-41;2-1-3/h15-17,21-22,31-36,38-39,41-46,48,56-58,60-61H,14,18-20,23-30H2,1-13H3,(H,52,55);1H,(H,2,3)/t31-,32-,33+,34-,35-,36+,38+,39-,41+,42-,43+,44-,45+,46-,48+,49-,50-,51-;/m1./s1. The topological polar surface area (TPSA) is 246 Å². The number of ether oxygens (including phenoxy) is 6. The van der Waals surface area contributed by atoms with Crippen LogP contribution in [0.2, 0.25) is 0 Å². The van der Waals surface area contributed by atoms with Crippen LogP contribution in [0.25, 0.3) is 0 Å². The van der Waals surface area contributed by atoms with E-state index >= 15 is 0 Å². The van der Waals surface area contributed by atoms with Crippen molar-refractivity contribution in [1.29, 1.82) is 0 Å². The molecule has 3 saturated heterocycles. The highest BCUT2D eigenvalue weighted by molar-refractivity contribution is 5.75. The Bertz CT molecular complexity index is 1710. The monoisotopic (exact) mass is 998 g/mol. The van der Waals surface area contributed by atoms with Crippen molar-refractivity contribution in [3.05, 3.63) is 35.9 Å². The molecule has 18 nitrogen and oxygen atoms in total. The molecule has 0 saturated carbocycles. The number of rotatable bonds is 16. The molecule has 70 heavy (non-hydrogen) atoms. The zero-order chi connectivity index (χ0) is 52.7.